The molecule has 18 heavy (non-hydrogen) atoms. The first-order valence-electron chi connectivity index (χ1n) is 5.72. The first kappa shape index (κ1) is 13.8. The lowest BCUT2D eigenvalue weighted by Gasteiger charge is -2.10. The Morgan fingerprint density at radius 2 is 1.89 bits per heavy atom. The van der Waals surface area contributed by atoms with Gasteiger partial charge in [0, 0.05) is 24.3 Å². The van der Waals surface area contributed by atoms with Crippen molar-refractivity contribution in [1.82, 2.24) is 0 Å². The Bertz CT molecular complexity index is 446. The van der Waals surface area contributed by atoms with Gasteiger partial charge >= 0.3 is 0 Å². The molecule has 0 saturated carbocycles. The van der Waals surface area contributed by atoms with Crippen LogP contribution < -0.4 is 22.5 Å². The molecule has 1 aromatic carbocycles. The zero-order chi connectivity index (χ0) is 13.5. The molecular weight excluding hydrogens is 232 g/mol. The number of nitrogens with two attached hydrogens (primary N) is 3. The molecule has 0 aromatic heterocycles. The molecule has 0 heterocycles. The fraction of sp³-hybridized carbons (Fsp3) is 0.333. The molecule has 0 bridgehead atoms. The number of nitrogen functional groups attached to an aromatic ring is 1. The maximum atomic E-state index is 11.2. The van der Waals surface area contributed by atoms with Crippen molar-refractivity contribution in [2.75, 3.05) is 17.6 Å². The first-order chi connectivity index (χ1) is 8.50. The van der Waals surface area contributed by atoms with E-state index >= 15 is 0 Å². The van der Waals surface area contributed by atoms with E-state index in [-0.39, 0.29) is 5.91 Å². The van der Waals surface area contributed by atoms with E-state index in [0.29, 0.717) is 36.3 Å². The van der Waals surface area contributed by atoms with Crippen molar-refractivity contribution in [2.45, 2.75) is 19.3 Å². The molecule has 1 rings (SSSR count). The maximum absolute atomic E-state index is 11.2. The van der Waals surface area contributed by atoms with Crippen LogP contribution in [-0.2, 0) is 4.79 Å². The number of nitrogens with one attached hydrogen (secondary N) is 1. The highest BCUT2D eigenvalue weighted by Crippen LogP contribution is 2.18. The Kier molecular flexibility index (Phi) is 4.98. The number of rotatable bonds is 7. The third-order valence-corrected chi connectivity index (χ3v) is 2.47. The maximum Gasteiger partial charge on any atom is 0.250 e. The van der Waals surface area contributed by atoms with Crippen molar-refractivity contribution < 1.29 is 9.59 Å². The number of anilines is 2. The van der Waals surface area contributed by atoms with Crippen LogP contribution in [-0.4, -0.2) is 18.4 Å². The molecule has 0 saturated heterocycles. The van der Waals surface area contributed by atoms with Crippen LogP contribution in [0.3, 0.4) is 0 Å². The number of carbonyl (C=O) groups excluding carboxylic acids is 2. The molecule has 0 aliphatic carbocycles. The van der Waals surface area contributed by atoms with Crippen LogP contribution in [0.5, 0.6) is 0 Å². The van der Waals surface area contributed by atoms with Gasteiger partial charge in [0.05, 0.1) is 5.56 Å². The standard InChI is InChI=1S/C12H18N4O2/c13-8-4-5-9(12(15)18)10(7-8)16-6-2-1-3-11(14)17/h4-5,7,16H,1-3,6,13H2,(H2,14,17)(H2,15,18). The monoisotopic (exact) mass is 250 g/mol. The zero-order valence-corrected chi connectivity index (χ0v) is 10.1. The largest absolute Gasteiger partial charge is 0.399 e. The zero-order valence-electron chi connectivity index (χ0n) is 10.1. The van der Waals surface area contributed by atoms with Crippen molar-refractivity contribution >= 4 is 23.2 Å². The number of hydrogen-bond acceptors (Lipinski definition) is 4. The van der Waals surface area contributed by atoms with Crippen LogP contribution in [0.15, 0.2) is 18.2 Å². The molecule has 6 nitrogen and oxygen atoms in total. The minimum Gasteiger partial charge on any atom is -0.399 e. The summed E-state index contributed by atoms with van der Waals surface area (Å²) in [4.78, 5) is 21.7. The smallest absolute Gasteiger partial charge is 0.250 e. The summed E-state index contributed by atoms with van der Waals surface area (Å²) in [6.07, 6.45) is 1.84. The highest BCUT2D eigenvalue weighted by atomic mass is 16.1. The predicted molar refractivity (Wildman–Crippen MR) is 70.9 cm³/mol. The Hall–Kier alpha value is -2.24. The highest BCUT2D eigenvalue weighted by molar-refractivity contribution is 5.99. The van der Waals surface area contributed by atoms with Gasteiger partial charge in [-0.2, -0.15) is 0 Å². The van der Waals surface area contributed by atoms with Crippen LogP contribution in [0, 0.1) is 0 Å². The van der Waals surface area contributed by atoms with Crippen LogP contribution in [0.4, 0.5) is 11.4 Å². The summed E-state index contributed by atoms with van der Waals surface area (Å²) >= 11 is 0. The molecular formula is C12H18N4O2. The summed E-state index contributed by atoms with van der Waals surface area (Å²) < 4.78 is 0. The SMILES string of the molecule is NC(=O)CCCCNc1cc(N)ccc1C(N)=O. The summed E-state index contributed by atoms with van der Waals surface area (Å²) in [5.41, 5.74) is 17.5. The molecule has 0 aliphatic heterocycles. The van der Waals surface area contributed by atoms with E-state index in [1.807, 2.05) is 0 Å². The fourth-order valence-corrected chi connectivity index (χ4v) is 1.57. The van der Waals surface area contributed by atoms with Gasteiger partial charge in [-0.25, -0.2) is 0 Å². The van der Waals surface area contributed by atoms with Gasteiger partial charge in [-0.1, -0.05) is 0 Å². The van der Waals surface area contributed by atoms with Gasteiger partial charge in [0.25, 0.3) is 5.91 Å². The second-order valence-corrected chi connectivity index (χ2v) is 4.02. The van der Waals surface area contributed by atoms with Crippen molar-refractivity contribution in [1.29, 1.82) is 0 Å². The number of benzene rings is 1. The van der Waals surface area contributed by atoms with Crippen LogP contribution in [0.1, 0.15) is 29.6 Å². The van der Waals surface area contributed by atoms with Gasteiger partial charge < -0.3 is 22.5 Å². The first-order valence-corrected chi connectivity index (χ1v) is 5.72. The van der Waals surface area contributed by atoms with E-state index in [1.54, 1.807) is 18.2 Å². The minimum atomic E-state index is -0.505. The van der Waals surface area contributed by atoms with Crippen molar-refractivity contribution in [2.24, 2.45) is 11.5 Å². The molecule has 0 fully saturated rings. The second-order valence-electron chi connectivity index (χ2n) is 4.02. The van der Waals surface area contributed by atoms with E-state index in [1.165, 1.54) is 0 Å². The Balaban J connectivity index is 2.53. The lowest BCUT2D eigenvalue weighted by atomic mass is 10.1. The third-order valence-electron chi connectivity index (χ3n) is 2.47. The van der Waals surface area contributed by atoms with Crippen LogP contribution >= 0.6 is 0 Å². The molecule has 98 valence electrons. The Morgan fingerprint density at radius 1 is 1.17 bits per heavy atom. The van der Waals surface area contributed by atoms with Gasteiger partial charge in [-0.3, -0.25) is 9.59 Å². The van der Waals surface area contributed by atoms with E-state index < -0.39 is 5.91 Å². The van der Waals surface area contributed by atoms with E-state index in [2.05, 4.69) is 5.32 Å². The number of carbonyl (C=O) groups is 2. The average Bonchev–Trinajstić information content (AvgIpc) is 2.27. The molecule has 7 N–H and O–H groups in total. The molecule has 0 spiro atoms. The molecule has 0 atom stereocenters. The summed E-state index contributed by atoms with van der Waals surface area (Å²) in [6, 6.07) is 4.87. The van der Waals surface area contributed by atoms with E-state index in [0.717, 1.165) is 6.42 Å². The molecule has 2 amide bonds. The van der Waals surface area contributed by atoms with Gasteiger partial charge in [0.2, 0.25) is 5.91 Å². The summed E-state index contributed by atoms with van der Waals surface area (Å²) in [6.45, 7) is 0.622. The third kappa shape index (κ3) is 4.32. The van der Waals surface area contributed by atoms with Gasteiger partial charge in [-0.15, -0.1) is 0 Å². The number of unbranched alkanes of at least 4 members (excludes halogenated alkanes) is 1. The summed E-state index contributed by atoms with van der Waals surface area (Å²) in [5, 5.41) is 3.08. The van der Waals surface area contributed by atoms with Crippen LogP contribution in [0.2, 0.25) is 0 Å². The van der Waals surface area contributed by atoms with E-state index in [4.69, 9.17) is 17.2 Å². The number of primary amides is 2. The Labute approximate surface area is 106 Å². The summed E-state index contributed by atoms with van der Waals surface area (Å²) in [7, 11) is 0. The van der Waals surface area contributed by atoms with Gasteiger partial charge in [-0.05, 0) is 31.0 Å². The normalized spacial score (nSPS) is 10.0. The van der Waals surface area contributed by atoms with Gasteiger partial charge in [0.1, 0.15) is 0 Å². The summed E-state index contributed by atoms with van der Waals surface area (Å²) in [5.74, 6) is -0.814. The molecule has 0 radical (unpaired) electrons. The second kappa shape index (κ2) is 6.48. The predicted octanol–water partition coefficient (Wildman–Crippen LogP) is 0.435. The molecule has 0 unspecified atom stereocenters. The molecule has 1 aromatic rings. The molecule has 6 heteroatoms. The lowest BCUT2D eigenvalue weighted by Crippen LogP contribution is -2.15. The lowest BCUT2D eigenvalue weighted by molar-refractivity contribution is -0.118. The van der Waals surface area contributed by atoms with Gasteiger partial charge in [0.15, 0.2) is 0 Å². The van der Waals surface area contributed by atoms with Crippen molar-refractivity contribution in [3.05, 3.63) is 23.8 Å². The quantitative estimate of drug-likeness (QED) is 0.414. The van der Waals surface area contributed by atoms with E-state index in [9.17, 15) is 9.59 Å². The minimum absolute atomic E-state index is 0.309. The topological polar surface area (TPSA) is 124 Å². The van der Waals surface area contributed by atoms with Crippen molar-refractivity contribution in [3.8, 4) is 0 Å². The fourth-order valence-electron chi connectivity index (χ4n) is 1.57. The van der Waals surface area contributed by atoms with Crippen molar-refractivity contribution in [3.63, 3.8) is 0 Å². The molecule has 0 aliphatic rings. The highest BCUT2D eigenvalue weighted by Gasteiger charge is 2.07. The number of hydrogen-bond donors (Lipinski definition) is 4. The van der Waals surface area contributed by atoms with Crippen LogP contribution in [0.25, 0.3) is 0 Å². The Morgan fingerprint density at radius 3 is 2.50 bits per heavy atom. The average molecular weight is 250 g/mol. The number of amides is 2.